The Hall–Kier alpha value is -1.13. The Morgan fingerprint density at radius 1 is 1.59 bits per heavy atom. The van der Waals surface area contributed by atoms with Gasteiger partial charge >= 0.3 is 0 Å². The van der Waals surface area contributed by atoms with Gasteiger partial charge in [-0.25, -0.2) is 4.39 Å². The quantitative estimate of drug-likeness (QED) is 0.895. The minimum absolute atomic E-state index is 0.00635. The van der Waals surface area contributed by atoms with Crippen molar-refractivity contribution in [3.8, 4) is 0 Å². The lowest BCUT2D eigenvalue weighted by Gasteiger charge is -2.37. The molecule has 0 aromatic heterocycles. The van der Waals surface area contributed by atoms with Crippen LogP contribution in [0.25, 0.3) is 0 Å². The van der Waals surface area contributed by atoms with E-state index in [9.17, 15) is 9.18 Å². The molecule has 0 saturated carbocycles. The molecule has 0 bridgehead atoms. The van der Waals surface area contributed by atoms with Crippen LogP contribution in [0.1, 0.15) is 12.5 Å². The van der Waals surface area contributed by atoms with Crippen molar-refractivity contribution in [3.63, 3.8) is 0 Å². The van der Waals surface area contributed by atoms with Gasteiger partial charge in [0.05, 0.1) is 11.1 Å². The fourth-order valence-electron chi connectivity index (χ4n) is 1.83. The largest absolute Gasteiger partial charge is 0.333 e. The van der Waals surface area contributed by atoms with Crippen LogP contribution in [0.5, 0.6) is 0 Å². The smallest absolute Gasteiger partial charge is 0.220 e. The molecule has 3 nitrogen and oxygen atoms in total. The van der Waals surface area contributed by atoms with Gasteiger partial charge in [-0.1, -0.05) is 17.7 Å². The molecule has 1 saturated heterocycles. The van der Waals surface area contributed by atoms with Gasteiger partial charge in [-0.2, -0.15) is 0 Å². The molecule has 1 N–H and O–H groups in total. The minimum atomic E-state index is -0.445. The van der Waals surface area contributed by atoms with E-state index in [0.717, 1.165) is 18.7 Å². The fraction of sp³-hybridized carbons (Fsp3) is 0.417. The van der Waals surface area contributed by atoms with Gasteiger partial charge in [0.15, 0.2) is 0 Å². The van der Waals surface area contributed by atoms with Crippen LogP contribution in [0.2, 0.25) is 5.02 Å². The van der Waals surface area contributed by atoms with Crippen LogP contribution < -0.4 is 5.32 Å². The predicted octanol–water partition coefficient (Wildman–Crippen LogP) is 1.80. The average molecular weight is 257 g/mol. The molecule has 5 heteroatoms. The number of benzene rings is 1. The summed E-state index contributed by atoms with van der Waals surface area (Å²) in [6.45, 7) is 3.56. The van der Waals surface area contributed by atoms with E-state index < -0.39 is 5.82 Å². The maximum absolute atomic E-state index is 13.3. The second kappa shape index (κ2) is 5.02. The lowest BCUT2D eigenvalue weighted by Crippen LogP contribution is -2.58. The van der Waals surface area contributed by atoms with E-state index in [0.29, 0.717) is 6.54 Å². The van der Waals surface area contributed by atoms with Gasteiger partial charge in [-0.05, 0) is 17.7 Å². The maximum atomic E-state index is 13.3. The summed E-state index contributed by atoms with van der Waals surface area (Å²) >= 11 is 5.62. The highest BCUT2D eigenvalue weighted by atomic mass is 35.5. The Kier molecular flexibility index (Phi) is 3.64. The van der Waals surface area contributed by atoms with Crippen molar-refractivity contribution >= 4 is 17.5 Å². The zero-order valence-corrected chi connectivity index (χ0v) is 10.3. The van der Waals surface area contributed by atoms with Crippen LogP contribution in [0.4, 0.5) is 4.39 Å². The topological polar surface area (TPSA) is 32.3 Å². The Morgan fingerprint density at radius 2 is 2.29 bits per heavy atom. The van der Waals surface area contributed by atoms with Crippen molar-refractivity contribution in [2.75, 3.05) is 13.1 Å². The third-order valence-corrected chi connectivity index (χ3v) is 3.25. The highest BCUT2D eigenvalue weighted by Gasteiger charge is 2.26. The number of nitrogens with zero attached hydrogens (tertiary/aromatic N) is 1. The molecule has 1 aliphatic heterocycles. The molecule has 0 aliphatic carbocycles. The summed E-state index contributed by atoms with van der Waals surface area (Å²) in [6, 6.07) is 4.85. The van der Waals surface area contributed by atoms with E-state index in [1.54, 1.807) is 11.0 Å². The number of carbonyl (C=O) groups excluding carboxylic acids is 1. The number of rotatable bonds is 3. The summed E-state index contributed by atoms with van der Waals surface area (Å²) in [4.78, 5) is 13.3. The van der Waals surface area contributed by atoms with Crippen molar-refractivity contribution in [2.45, 2.75) is 19.5 Å². The maximum Gasteiger partial charge on any atom is 0.220 e. The van der Waals surface area contributed by atoms with Gasteiger partial charge < -0.3 is 10.2 Å². The third kappa shape index (κ3) is 2.76. The molecule has 1 aromatic rings. The van der Waals surface area contributed by atoms with Gasteiger partial charge in [-0.3, -0.25) is 4.79 Å². The van der Waals surface area contributed by atoms with Crippen molar-refractivity contribution < 1.29 is 9.18 Å². The van der Waals surface area contributed by atoms with E-state index in [1.165, 1.54) is 19.1 Å². The first-order valence-corrected chi connectivity index (χ1v) is 5.87. The molecule has 1 heterocycles. The van der Waals surface area contributed by atoms with Crippen LogP contribution in [-0.4, -0.2) is 29.9 Å². The van der Waals surface area contributed by atoms with Crippen LogP contribution in [0.3, 0.4) is 0 Å². The zero-order chi connectivity index (χ0) is 12.4. The lowest BCUT2D eigenvalue weighted by atomic mass is 10.1. The number of carbonyl (C=O) groups is 1. The standard InChI is InChI=1S/C12H14ClFN2O/c1-8(17)16(10-5-15-6-10)7-9-2-3-11(13)12(14)4-9/h2-4,10,15H,5-7H2,1H3. The second-order valence-corrected chi connectivity index (χ2v) is 4.61. The SMILES string of the molecule is CC(=O)N(Cc1ccc(Cl)c(F)c1)C1CNC1. The first kappa shape index (κ1) is 12.3. The zero-order valence-electron chi connectivity index (χ0n) is 9.54. The van der Waals surface area contributed by atoms with Crippen LogP contribution >= 0.6 is 11.6 Å². The van der Waals surface area contributed by atoms with Crippen LogP contribution in [0, 0.1) is 5.82 Å². The number of hydrogen-bond acceptors (Lipinski definition) is 2. The highest BCUT2D eigenvalue weighted by Crippen LogP contribution is 2.18. The van der Waals surface area contributed by atoms with E-state index in [2.05, 4.69) is 5.32 Å². The summed E-state index contributed by atoms with van der Waals surface area (Å²) in [7, 11) is 0. The fourth-order valence-corrected chi connectivity index (χ4v) is 1.94. The predicted molar refractivity (Wildman–Crippen MR) is 64.3 cm³/mol. The molecular weight excluding hydrogens is 243 g/mol. The van der Waals surface area contributed by atoms with Gasteiger partial charge in [0, 0.05) is 26.6 Å². The van der Waals surface area contributed by atoms with Crippen LogP contribution in [0.15, 0.2) is 18.2 Å². The first-order valence-electron chi connectivity index (χ1n) is 5.50. The molecule has 92 valence electrons. The molecule has 0 radical (unpaired) electrons. The average Bonchev–Trinajstić information content (AvgIpc) is 2.19. The van der Waals surface area contributed by atoms with Crippen molar-refractivity contribution in [1.82, 2.24) is 10.2 Å². The number of nitrogens with one attached hydrogen (secondary N) is 1. The van der Waals surface area contributed by atoms with E-state index in [4.69, 9.17) is 11.6 Å². The normalized spacial score (nSPS) is 15.5. The Bertz CT molecular complexity index is 435. The summed E-state index contributed by atoms with van der Waals surface area (Å²) in [5, 5.41) is 3.22. The van der Waals surface area contributed by atoms with E-state index >= 15 is 0 Å². The Morgan fingerprint density at radius 3 is 2.76 bits per heavy atom. The first-order chi connectivity index (χ1) is 8.08. The molecule has 1 aliphatic rings. The van der Waals surface area contributed by atoms with Crippen LogP contribution in [-0.2, 0) is 11.3 Å². The summed E-state index contributed by atoms with van der Waals surface area (Å²) < 4.78 is 13.3. The van der Waals surface area contributed by atoms with Crippen molar-refractivity contribution in [2.24, 2.45) is 0 Å². The van der Waals surface area contributed by atoms with E-state index in [1.807, 2.05) is 0 Å². The number of halogens is 2. The molecule has 1 amide bonds. The number of hydrogen-bond donors (Lipinski definition) is 1. The summed E-state index contributed by atoms with van der Waals surface area (Å²) in [5.74, 6) is -0.439. The monoisotopic (exact) mass is 256 g/mol. The molecule has 0 spiro atoms. The summed E-state index contributed by atoms with van der Waals surface area (Å²) in [6.07, 6.45) is 0. The Balaban J connectivity index is 2.11. The molecule has 2 rings (SSSR count). The molecule has 0 unspecified atom stereocenters. The molecule has 1 aromatic carbocycles. The second-order valence-electron chi connectivity index (χ2n) is 4.21. The third-order valence-electron chi connectivity index (χ3n) is 2.94. The number of amides is 1. The Labute approximate surface area is 105 Å². The highest BCUT2D eigenvalue weighted by molar-refractivity contribution is 6.30. The van der Waals surface area contributed by atoms with Gasteiger partial charge in [0.2, 0.25) is 5.91 Å². The van der Waals surface area contributed by atoms with Gasteiger partial charge in [0.1, 0.15) is 5.82 Å². The summed E-state index contributed by atoms with van der Waals surface area (Å²) in [5.41, 5.74) is 0.758. The van der Waals surface area contributed by atoms with E-state index in [-0.39, 0.29) is 17.0 Å². The molecule has 17 heavy (non-hydrogen) atoms. The lowest BCUT2D eigenvalue weighted by molar-refractivity contribution is -0.132. The van der Waals surface area contributed by atoms with Gasteiger partial charge in [0.25, 0.3) is 0 Å². The van der Waals surface area contributed by atoms with Gasteiger partial charge in [-0.15, -0.1) is 0 Å². The molecule has 0 atom stereocenters. The molecule has 1 fully saturated rings. The molecular formula is C12H14ClFN2O. The van der Waals surface area contributed by atoms with Crippen molar-refractivity contribution in [3.05, 3.63) is 34.6 Å². The minimum Gasteiger partial charge on any atom is -0.333 e. The van der Waals surface area contributed by atoms with Crippen molar-refractivity contribution in [1.29, 1.82) is 0 Å².